The topological polar surface area (TPSA) is 79.3 Å². The lowest BCUT2D eigenvalue weighted by Crippen LogP contribution is -2.40. The second kappa shape index (κ2) is 10.2. The lowest BCUT2D eigenvalue weighted by Gasteiger charge is -2.31. The van der Waals surface area contributed by atoms with Gasteiger partial charge in [-0.05, 0) is 99.4 Å². The zero-order valence-electron chi connectivity index (χ0n) is 24.4. The lowest BCUT2D eigenvalue weighted by molar-refractivity contribution is -0.160. The maximum Gasteiger partial charge on any atom is 0.337 e. The van der Waals surface area contributed by atoms with E-state index in [1.54, 1.807) is 27.7 Å². The second-order valence-electron chi connectivity index (χ2n) is 12.4. The van der Waals surface area contributed by atoms with Crippen molar-refractivity contribution in [1.82, 2.24) is 9.80 Å². The van der Waals surface area contributed by atoms with Crippen molar-refractivity contribution in [2.45, 2.75) is 91.5 Å². The van der Waals surface area contributed by atoms with Gasteiger partial charge in [-0.1, -0.05) is 0 Å². The summed E-state index contributed by atoms with van der Waals surface area (Å²) in [6.07, 6.45) is -0.369. The predicted octanol–water partition coefficient (Wildman–Crippen LogP) is 6.46. The molecule has 0 unspecified atom stereocenters. The number of ether oxygens (including phenoxy) is 2. The number of carboxylic acids is 1. The van der Waals surface area contributed by atoms with Crippen molar-refractivity contribution in [2.24, 2.45) is 0 Å². The summed E-state index contributed by atoms with van der Waals surface area (Å²) in [5.41, 5.74) is 5.19. The van der Waals surface area contributed by atoms with E-state index in [-0.39, 0.29) is 31.8 Å². The molecule has 1 atom stereocenters. The maximum atomic E-state index is 15.5. The Hall–Kier alpha value is -3.27. The summed E-state index contributed by atoms with van der Waals surface area (Å²) in [5.74, 6) is -4.38. The summed E-state index contributed by atoms with van der Waals surface area (Å²) in [6.45, 7) is 11.0. The molecule has 7 nitrogen and oxygen atoms in total. The van der Waals surface area contributed by atoms with E-state index >= 15 is 4.39 Å². The zero-order valence-corrected chi connectivity index (χ0v) is 24.4. The van der Waals surface area contributed by atoms with Gasteiger partial charge in [0.15, 0.2) is 17.7 Å². The number of alkyl halides is 2. The van der Waals surface area contributed by atoms with Crippen LogP contribution >= 0.6 is 0 Å². The van der Waals surface area contributed by atoms with Crippen molar-refractivity contribution in [2.75, 3.05) is 19.7 Å². The highest BCUT2D eigenvalue weighted by molar-refractivity contribution is 5.86. The molecule has 1 saturated heterocycles. The minimum absolute atomic E-state index is 0.0245. The molecule has 222 valence electrons. The van der Waals surface area contributed by atoms with Gasteiger partial charge >= 0.3 is 12.0 Å². The van der Waals surface area contributed by atoms with E-state index in [0.717, 1.165) is 28.7 Å². The Morgan fingerprint density at radius 3 is 2.29 bits per heavy atom. The number of fused-ring (bicyclic) bond motifs is 2. The van der Waals surface area contributed by atoms with E-state index in [2.05, 4.69) is 0 Å². The first-order valence-corrected chi connectivity index (χ1v) is 14.0. The van der Waals surface area contributed by atoms with Gasteiger partial charge in [-0.3, -0.25) is 0 Å². The number of urea groups is 1. The molecule has 1 fully saturated rings. The standard InChI is InChI=1S/C31H37F3N2O5/c1-16-19-8-7-11-40-26(19)23(32)12-20(16)24-17(2)21-13-36(29(39)35-10-9-31(33,34)15-35)14-22(21)18(3)25(24)27(28(37)38)41-30(4,5)6/h12,27H,7-11,13-15H2,1-6H3,(H,37,38)/t27-/m0/s1. The van der Waals surface area contributed by atoms with Gasteiger partial charge in [0.25, 0.3) is 5.92 Å². The zero-order chi connectivity index (χ0) is 30.0. The van der Waals surface area contributed by atoms with Crippen LogP contribution in [0.2, 0.25) is 0 Å². The van der Waals surface area contributed by atoms with Crippen LogP contribution in [0.25, 0.3) is 11.1 Å². The fourth-order valence-corrected chi connectivity index (χ4v) is 6.43. The van der Waals surface area contributed by atoms with Crippen molar-refractivity contribution in [3.05, 3.63) is 50.8 Å². The second-order valence-corrected chi connectivity index (χ2v) is 12.4. The molecule has 0 bridgehead atoms. The molecule has 3 heterocycles. The molecule has 3 aliphatic heterocycles. The van der Waals surface area contributed by atoms with Crippen LogP contribution in [0.4, 0.5) is 18.0 Å². The number of likely N-dealkylation sites (tertiary alicyclic amines) is 1. The highest BCUT2D eigenvalue weighted by Crippen LogP contribution is 2.47. The third-order valence-corrected chi connectivity index (χ3v) is 8.39. The van der Waals surface area contributed by atoms with Gasteiger partial charge in [0.2, 0.25) is 0 Å². The van der Waals surface area contributed by atoms with Gasteiger partial charge in [-0.2, -0.15) is 0 Å². The van der Waals surface area contributed by atoms with Crippen molar-refractivity contribution in [3.63, 3.8) is 0 Å². The Bertz CT molecular complexity index is 1430. The van der Waals surface area contributed by atoms with Gasteiger partial charge in [0.1, 0.15) is 0 Å². The van der Waals surface area contributed by atoms with Crippen molar-refractivity contribution >= 4 is 12.0 Å². The minimum Gasteiger partial charge on any atom is -0.490 e. The van der Waals surface area contributed by atoms with Crippen LogP contribution < -0.4 is 4.74 Å². The third kappa shape index (κ3) is 5.27. The van der Waals surface area contributed by atoms with Crippen molar-refractivity contribution < 1.29 is 37.3 Å². The van der Waals surface area contributed by atoms with Crippen molar-refractivity contribution in [3.8, 4) is 16.9 Å². The summed E-state index contributed by atoms with van der Waals surface area (Å²) in [4.78, 5) is 28.7. The highest BCUT2D eigenvalue weighted by atomic mass is 19.3. The number of rotatable bonds is 4. The molecule has 3 aliphatic rings. The first kappa shape index (κ1) is 29.2. The van der Waals surface area contributed by atoms with Gasteiger partial charge in [-0.15, -0.1) is 0 Å². The number of halogens is 3. The SMILES string of the molecule is Cc1c(-c2c(C)c3c(c(C)c2[C@H](OC(C)(C)C)C(=O)O)CN(C(=O)N2CCC(F)(F)C2)C3)cc(F)c2c1CCCO2. The number of nitrogens with zero attached hydrogens (tertiary/aromatic N) is 2. The fourth-order valence-electron chi connectivity index (χ4n) is 6.43. The van der Waals surface area contributed by atoms with E-state index in [1.165, 1.54) is 15.9 Å². The number of aliphatic carboxylic acids is 1. The monoisotopic (exact) mass is 574 g/mol. The average Bonchev–Trinajstić information content (AvgIpc) is 3.50. The first-order valence-electron chi connectivity index (χ1n) is 14.0. The number of carbonyl (C=O) groups excluding carboxylic acids is 1. The van der Waals surface area contributed by atoms with E-state index < -0.39 is 42.0 Å². The van der Waals surface area contributed by atoms with Crippen molar-refractivity contribution in [1.29, 1.82) is 0 Å². The van der Waals surface area contributed by atoms with Crippen LogP contribution in [0.1, 0.15) is 78.7 Å². The quantitative estimate of drug-likeness (QED) is 0.454. The van der Waals surface area contributed by atoms with Crippen LogP contribution in [-0.4, -0.2) is 58.1 Å². The van der Waals surface area contributed by atoms with Crippen LogP contribution in [0.3, 0.4) is 0 Å². The highest BCUT2D eigenvalue weighted by Gasteiger charge is 2.43. The lowest BCUT2D eigenvalue weighted by atomic mass is 9.81. The van der Waals surface area contributed by atoms with E-state index in [0.29, 0.717) is 40.8 Å². The Morgan fingerprint density at radius 2 is 1.71 bits per heavy atom. The summed E-state index contributed by atoms with van der Waals surface area (Å²) < 4.78 is 55.0. The molecule has 2 aromatic carbocycles. The number of hydrogen-bond acceptors (Lipinski definition) is 4. The van der Waals surface area contributed by atoms with Gasteiger partial charge in [0, 0.05) is 37.2 Å². The number of hydrogen-bond donors (Lipinski definition) is 1. The molecule has 0 saturated carbocycles. The Balaban J connectivity index is 1.70. The number of carbonyl (C=O) groups is 2. The summed E-state index contributed by atoms with van der Waals surface area (Å²) in [6, 6.07) is 0.923. The van der Waals surface area contributed by atoms with Crippen LogP contribution in [0.5, 0.6) is 5.75 Å². The molecular weight excluding hydrogens is 537 g/mol. The molecule has 0 aromatic heterocycles. The largest absolute Gasteiger partial charge is 0.490 e. The van der Waals surface area contributed by atoms with Crippen LogP contribution in [-0.2, 0) is 29.0 Å². The molecule has 2 amide bonds. The van der Waals surface area contributed by atoms with E-state index in [1.807, 2.05) is 13.8 Å². The summed E-state index contributed by atoms with van der Waals surface area (Å²) >= 11 is 0. The molecule has 41 heavy (non-hydrogen) atoms. The normalized spacial score (nSPS) is 18.7. The molecule has 1 N–H and O–H groups in total. The van der Waals surface area contributed by atoms with E-state index in [9.17, 15) is 23.5 Å². The van der Waals surface area contributed by atoms with Crippen LogP contribution in [0.15, 0.2) is 6.07 Å². The van der Waals surface area contributed by atoms with Crippen LogP contribution in [0, 0.1) is 26.6 Å². The third-order valence-electron chi connectivity index (χ3n) is 8.39. The predicted molar refractivity (Wildman–Crippen MR) is 147 cm³/mol. The molecule has 5 rings (SSSR count). The Morgan fingerprint density at radius 1 is 1.05 bits per heavy atom. The fraction of sp³-hybridized carbons (Fsp3) is 0.548. The Kier molecular flexibility index (Phi) is 7.29. The first-order chi connectivity index (χ1) is 19.1. The van der Waals surface area contributed by atoms with Gasteiger partial charge in [-0.25, -0.2) is 22.8 Å². The smallest absolute Gasteiger partial charge is 0.337 e. The average molecular weight is 575 g/mol. The number of carboxylic acid groups (broad SMARTS) is 1. The molecule has 0 radical (unpaired) electrons. The number of benzene rings is 2. The van der Waals surface area contributed by atoms with E-state index in [4.69, 9.17) is 9.47 Å². The Labute approximate surface area is 238 Å². The van der Waals surface area contributed by atoms with Gasteiger partial charge < -0.3 is 24.4 Å². The summed E-state index contributed by atoms with van der Waals surface area (Å²) in [5, 5.41) is 10.4. The molecule has 10 heteroatoms. The van der Waals surface area contributed by atoms with Gasteiger partial charge in [0.05, 0.1) is 18.8 Å². The molecule has 0 spiro atoms. The maximum absolute atomic E-state index is 15.5. The number of amides is 2. The molecular formula is C31H37F3N2O5. The minimum atomic E-state index is -2.91. The molecule has 0 aliphatic carbocycles. The summed E-state index contributed by atoms with van der Waals surface area (Å²) in [7, 11) is 0. The molecule has 2 aromatic rings.